The lowest BCUT2D eigenvalue weighted by Gasteiger charge is -2.26. The van der Waals surface area contributed by atoms with E-state index in [4.69, 9.17) is 0 Å². The van der Waals surface area contributed by atoms with Gasteiger partial charge in [0, 0.05) is 5.56 Å². The van der Waals surface area contributed by atoms with Crippen LogP contribution in [0.2, 0.25) is 0 Å². The molecule has 0 heterocycles. The second-order valence-corrected chi connectivity index (χ2v) is 8.57. The summed E-state index contributed by atoms with van der Waals surface area (Å²) < 4.78 is 42.3. The maximum Gasteiger partial charge on any atom is 0.264 e. The molecule has 0 amide bonds. The van der Waals surface area contributed by atoms with Crippen molar-refractivity contribution in [2.24, 2.45) is 0 Å². The van der Waals surface area contributed by atoms with Crippen LogP contribution in [0.15, 0.2) is 71.6 Å². The first-order chi connectivity index (χ1) is 12.8. The van der Waals surface area contributed by atoms with E-state index in [1.807, 2.05) is 32.9 Å². The van der Waals surface area contributed by atoms with Crippen molar-refractivity contribution in [2.45, 2.75) is 32.2 Å². The summed E-state index contributed by atoms with van der Waals surface area (Å²) >= 11 is 0. The highest BCUT2D eigenvalue weighted by Crippen LogP contribution is 2.30. The normalized spacial score (nSPS) is 11.4. The van der Waals surface area contributed by atoms with E-state index in [2.05, 4.69) is 0 Å². The van der Waals surface area contributed by atoms with E-state index in [0.29, 0.717) is 11.3 Å². The van der Waals surface area contributed by atoms with Crippen molar-refractivity contribution in [3.8, 4) is 0 Å². The number of sulfonamides is 1. The van der Waals surface area contributed by atoms with Gasteiger partial charge in [0.2, 0.25) is 0 Å². The molecule has 0 bridgehead atoms. The zero-order valence-electron chi connectivity index (χ0n) is 15.6. The van der Waals surface area contributed by atoms with Crippen LogP contribution in [0.3, 0.4) is 0 Å². The monoisotopic (exact) mass is 383 g/mol. The van der Waals surface area contributed by atoms with Crippen molar-refractivity contribution in [1.82, 2.24) is 0 Å². The largest absolute Gasteiger partial charge is 0.264 e. The van der Waals surface area contributed by atoms with Crippen LogP contribution in [-0.2, 0) is 16.6 Å². The minimum atomic E-state index is -3.85. The number of aryl methyl sites for hydroxylation is 3. The van der Waals surface area contributed by atoms with Gasteiger partial charge >= 0.3 is 0 Å². The van der Waals surface area contributed by atoms with Crippen LogP contribution in [0.4, 0.5) is 10.1 Å². The molecule has 0 aliphatic heterocycles. The van der Waals surface area contributed by atoms with Gasteiger partial charge in [-0.1, -0.05) is 53.6 Å². The van der Waals surface area contributed by atoms with E-state index in [-0.39, 0.29) is 11.4 Å². The molecule has 0 fully saturated rings. The molecule has 140 valence electrons. The van der Waals surface area contributed by atoms with Crippen molar-refractivity contribution in [3.63, 3.8) is 0 Å². The van der Waals surface area contributed by atoms with Crippen LogP contribution in [-0.4, -0.2) is 8.42 Å². The van der Waals surface area contributed by atoms with Crippen molar-refractivity contribution in [1.29, 1.82) is 0 Å². The predicted molar refractivity (Wildman–Crippen MR) is 107 cm³/mol. The summed E-state index contributed by atoms with van der Waals surface area (Å²) in [7, 11) is -3.85. The van der Waals surface area contributed by atoms with Gasteiger partial charge in [-0.2, -0.15) is 0 Å². The number of nitrogens with zero attached hydrogens (tertiary/aromatic N) is 1. The van der Waals surface area contributed by atoms with Gasteiger partial charge in [-0.05, 0) is 50.6 Å². The summed E-state index contributed by atoms with van der Waals surface area (Å²) in [6.07, 6.45) is 0. The second-order valence-electron chi connectivity index (χ2n) is 6.71. The van der Waals surface area contributed by atoms with E-state index in [0.717, 1.165) is 16.7 Å². The molecule has 27 heavy (non-hydrogen) atoms. The lowest BCUT2D eigenvalue weighted by molar-refractivity contribution is 0.585. The maximum absolute atomic E-state index is 14.3. The van der Waals surface area contributed by atoms with Crippen LogP contribution in [0.5, 0.6) is 0 Å². The van der Waals surface area contributed by atoms with Crippen molar-refractivity contribution in [2.75, 3.05) is 4.31 Å². The Morgan fingerprint density at radius 3 is 2.11 bits per heavy atom. The van der Waals surface area contributed by atoms with E-state index in [1.165, 1.54) is 10.4 Å². The number of hydrogen-bond acceptors (Lipinski definition) is 2. The summed E-state index contributed by atoms with van der Waals surface area (Å²) in [4.78, 5) is 0.185. The first-order valence-electron chi connectivity index (χ1n) is 8.69. The molecule has 0 saturated heterocycles. The molecule has 0 atom stereocenters. The molecule has 0 unspecified atom stereocenters. The zero-order chi connectivity index (χ0) is 19.6. The number of hydrogen-bond donors (Lipinski definition) is 0. The third kappa shape index (κ3) is 4.03. The third-order valence-corrected chi connectivity index (χ3v) is 6.28. The number of anilines is 1. The number of halogens is 1. The fraction of sp³-hybridized carbons (Fsp3) is 0.182. The molecular formula is C22H22FNO2S. The van der Waals surface area contributed by atoms with E-state index >= 15 is 0 Å². The molecule has 0 N–H and O–H groups in total. The van der Waals surface area contributed by atoms with Gasteiger partial charge in [0.05, 0.1) is 17.1 Å². The van der Waals surface area contributed by atoms with Crippen LogP contribution in [0, 0.1) is 26.6 Å². The lowest BCUT2D eigenvalue weighted by Crippen LogP contribution is -2.31. The molecule has 0 aliphatic carbocycles. The molecule has 3 rings (SSSR count). The van der Waals surface area contributed by atoms with Crippen molar-refractivity contribution in [3.05, 3.63) is 94.8 Å². The van der Waals surface area contributed by atoms with Gasteiger partial charge in [0.15, 0.2) is 0 Å². The molecule has 0 spiro atoms. The Kier molecular flexibility index (Phi) is 5.33. The number of rotatable bonds is 5. The summed E-state index contributed by atoms with van der Waals surface area (Å²) in [5.74, 6) is -0.425. The van der Waals surface area contributed by atoms with Gasteiger partial charge in [-0.25, -0.2) is 12.8 Å². The van der Waals surface area contributed by atoms with Gasteiger partial charge in [0.25, 0.3) is 10.0 Å². The average molecular weight is 383 g/mol. The minimum Gasteiger partial charge on any atom is -0.262 e. The SMILES string of the molecule is Cc1ccc(S(=O)(=O)N(Cc2ccccc2F)c2ccc(C)cc2C)cc1. The molecular weight excluding hydrogens is 361 g/mol. The fourth-order valence-electron chi connectivity index (χ4n) is 3.00. The lowest BCUT2D eigenvalue weighted by atomic mass is 10.1. The Hall–Kier alpha value is -2.66. The summed E-state index contributed by atoms with van der Waals surface area (Å²) in [5, 5.41) is 0. The average Bonchev–Trinajstić information content (AvgIpc) is 2.62. The molecule has 3 aromatic rings. The van der Waals surface area contributed by atoms with E-state index in [9.17, 15) is 12.8 Å². The standard InChI is InChI=1S/C22H22FNO2S/c1-16-8-11-20(12-9-16)27(25,26)24(15-19-6-4-5-7-21(19)23)22-13-10-17(2)14-18(22)3/h4-14H,15H2,1-3H3. The van der Waals surface area contributed by atoms with Gasteiger partial charge in [-0.15, -0.1) is 0 Å². The van der Waals surface area contributed by atoms with Crippen molar-refractivity contribution >= 4 is 15.7 Å². The van der Waals surface area contributed by atoms with Crippen LogP contribution in [0.25, 0.3) is 0 Å². The Balaban J connectivity index is 2.14. The van der Waals surface area contributed by atoms with E-state index < -0.39 is 15.8 Å². The Bertz CT molecular complexity index is 1060. The van der Waals surface area contributed by atoms with Crippen LogP contribution < -0.4 is 4.31 Å². The highest BCUT2D eigenvalue weighted by atomic mass is 32.2. The molecule has 0 aliphatic rings. The molecule has 3 nitrogen and oxygen atoms in total. The molecule has 3 aromatic carbocycles. The summed E-state index contributed by atoms with van der Waals surface area (Å²) in [5.41, 5.74) is 3.70. The Morgan fingerprint density at radius 2 is 1.48 bits per heavy atom. The molecule has 0 aromatic heterocycles. The zero-order valence-corrected chi connectivity index (χ0v) is 16.4. The Morgan fingerprint density at radius 1 is 0.852 bits per heavy atom. The highest BCUT2D eigenvalue weighted by Gasteiger charge is 2.27. The first-order valence-corrected chi connectivity index (χ1v) is 10.1. The fourth-order valence-corrected chi connectivity index (χ4v) is 4.51. The van der Waals surface area contributed by atoms with Gasteiger partial charge in [-0.3, -0.25) is 4.31 Å². The number of benzene rings is 3. The molecule has 5 heteroatoms. The van der Waals surface area contributed by atoms with Gasteiger partial charge in [0.1, 0.15) is 5.82 Å². The topological polar surface area (TPSA) is 37.4 Å². The third-order valence-electron chi connectivity index (χ3n) is 4.50. The summed E-state index contributed by atoms with van der Waals surface area (Å²) in [6.45, 7) is 5.64. The highest BCUT2D eigenvalue weighted by molar-refractivity contribution is 7.92. The quantitative estimate of drug-likeness (QED) is 0.611. The summed E-state index contributed by atoms with van der Waals surface area (Å²) in [6, 6.07) is 18.5. The van der Waals surface area contributed by atoms with Crippen LogP contribution in [0.1, 0.15) is 22.3 Å². The van der Waals surface area contributed by atoms with E-state index in [1.54, 1.807) is 48.5 Å². The first kappa shape index (κ1) is 19.1. The second kappa shape index (κ2) is 7.53. The van der Waals surface area contributed by atoms with Crippen molar-refractivity contribution < 1.29 is 12.8 Å². The smallest absolute Gasteiger partial charge is 0.262 e. The van der Waals surface area contributed by atoms with Crippen LogP contribution >= 0.6 is 0 Å². The van der Waals surface area contributed by atoms with Gasteiger partial charge < -0.3 is 0 Å². The minimum absolute atomic E-state index is 0.0766. The predicted octanol–water partition coefficient (Wildman–Crippen LogP) is 5.15. The molecule has 0 saturated carbocycles. The Labute approximate surface area is 160 Å². The molecule has 0 radical (unpaired) electrons. The maximum atomic E-state index is 14.3.